The summed E-state index contributed by atoms with van der Waals surface area (Å²) in [6.45, 7) is 5.60. The number of hydrogen-bond donors (Lipinski definition) is 1. The highest BCUT2D eigenvalue weighted by molar-refractivity contribution is 5.48. The van der Waals surface area contributed by atoms with Crippen molar-refractivity contribution in [2.75, 3.05) is 0 Å². The minimum atomic E-state index is -0.300. The van der Waals surface area contributed by atoms with Gasteiger partial charge in [0.15, 0.2) is 0 Å². The summed E-state index contributed by atoms with van der Waals surface area (Å²) in [6, 6.07) is 5.02. The van der Waals surface area contributed by atoms with Crippen LogP contribution in [-0.4, -0.2) is 11.9 Å². The van der Waals surface area contributed by atoms with Crippen molar-refractivity contribution >= 4 is 6.41 Å². The molecule has 0 heterocycles. The van der Waals surface area contributed by atoms with E-state index in [-0.39, 0.29) is 11.4 Å². The van der Waals surface area contributed by atoms with Gasteiger partial charge in [-0.15, -0.1) is 0 Å². The van der Waals surface area contributed by atoms with Crippen LogP contribution in [0.4, 0.5) is 4.39 Å². The Kier molecular flexibility index (Phi) is 3.45. The number of amides is 1. The molecule has 0 aromatic heterocycles. The molecule has 0 aliphatic rings. The molecule has 1 amide bonds. The highest BCUT2D eigenvalue weighted by Gasteiger charge is 2.17. The molecular weight excluding hydrogens is 193 g/mol. The van der Waals surface area contributed by atoms with E-state index >= 15 is 0 Å². The highest BCUT2D eigenvalue weighted by Crippen LogP contribution is 2.15. The molecule has 3 heteroatoms. The molecule has 0 atom stereocenters. The number of nitrogens with one attached hydrogen (secondary N) is 1. The summed E-state index contributed by atoms with van der Waals surface area (Å²) in [6.07, 6.45) is 1.38. The third-order valence-electron chi connectivity index (χ3n) is 2.32. The zero-order valence-electron chi connectivity index (χ0n) is 9.30. The van der Waals surface area contributed by atoms with Gasteiger partial charge in [-0.2, -0.15) is 0 Å². The van der Waals surface area contributed by atoms with Gasteiger partial charge in [-0.05, 0) is 44.4 Å². The normalized spacial score (nSPS) is 11.2. The van der Waals surface area contributed by atoms with Gasteiger partial charge in [0.1, 0.15) is 5.82 Å². The van der Waals surface area contributed by atoms with Gasteiger partial charge in [-0.1, -0.05) is 12.1 Å². The van der Waals surface area contributed by atoms with Crippen LogP contribution in [0.25, 0.3) is 0 Å². The molecule has 0 unspecified atom stereocenters. The van der Waals surface area contributed by atoms with Crippen LogP contribution >= 0.6 is 0 Å². The molecule has 0 spiro atoms. The van der Waals surface area contributed by atoms with Crippen LogP contribution in [0.15, 0.2) is 18.2 Å². The first-order valence-electron chi connectivity index (χ1n) is 4.91. The Labute approximate surface area is 89.5 Å². The van der Waals surface area contributed by atoms with Gasteiger partial charge < -0.3 is 5.32 Å². The van der Waals surface area contributed by atoms with E-state index < -0.39 is 0 Å². The maximum absolute atomic E-state index is 13.0. The lowest BCUT2D eigenvalue weighted by molar-refractivity contribution is -0.110. The Morgan fingerprint density at radius 1 is 1.47 bits per heavy atom. The highest BCUT2D eigenvalue weighted by atomic mass is 19.1. The van der Waals surface area contributed by atoms with Crippen molar-refractivity contribution in [1.82, 2.24) is 5.32 Å². The van der Waals surface area contributed by atoms with Gasteiger partial charge in [0.2, 0.25) is 6.41 Å². The van der Waals surface area contributed by atoms with E-state index in [4.69, 9.17) is 0 Å². The van der Waals surface area contributed by atoms with Crippen molar-refractivity contribution in [3.8, 4) is 0 Å². The van der Waals surface area contributed by atoms with E-state index in [1.165, 1.54) is 6.07 Å². The molecule has 0 aliphatic carbocycles. The third-order valence-corrected chi connectivity index (χ3v) is 2.32. The van der Waals surface area contributed by atoms with E-state index in [1.807, 2.05) is 19.9 Å². The van der Waals surface area contributed by atoms with Crippen molar-refractivity contribution in [1.29, 1.82) is 0 Å². The maximum atomic E-state index is 13.0. The van der Waals surface area contributed by atoms with E-state index in [1.54, 1.807) is 13.0 Å². The molecular formula is C12H16FNO. The second-order valence-corrected chi connectivity index (χ2v) is 4.41. The van der Waals surface area contributed by atoms with Crippen LogP contribution in [0.3, 0.4) is 0 Å². The number of aryl methyl sites for hydroxylation is 1. The first-order chi connectivity index (χ1) is 6.94. The fourth-order valence-corrected chi connectivity index (χ4v) is 1.54. The summed E-state index contributed by atoms with van der Waals surface area (Å²) in [5.74, 6) is -0.195. The quantitative estimate of drug-likeness (QED) is 0.757. The van der Waals surface area contributed by atoms with Gasteiger partial charge in [0.05, 0.1) is 0 Å². The smallest absolute Gasteiger partial charge is 0.207 e. The van der Waals surface area contributed by atoms with Gasteiger partial charge in [0, 0.05) is 5.54 Å². The molecule has 0 aliphatic heterocycles. The molecule has 1 aromatic rings. The lowest BCUT2D eigenvalue weighted by Crippen LogP contribution is -2.40. The number of benzene rings is 1. The van der Waals surface area contributed by atoms with E-state index in [0.717, 1.165) is 5.56 Å². The molecule has 1 aromatic carbocycles. The molecule has 82 valence electrons. The van der Waals surface area contributed by atoms with Gasteiger partial charge in [-0.25, -0.2) is 4.39 Å². The lowest BCUT2D eigenvalue weighted by Gasteiger charge is -2.24. The molecule has 0 saturated carbocycles. The van der Waals surface area contributed by atoms with Crippen molar-refractivity contribution in [3.05, 3.63) is 35.1 Å². The predicted octanol–water partition coefficient (Wildman–Crippen LogP) is 2.20. The second-order valence-electron chi connectivity index (χ2n) is 4.41. The minimum absolute atomic E-state index is 0.195. The lowest BCUT2D eigenvalue weighted by atomic mass is 9.94. The van der Waals surface area contributed by atoms with Crippen molar-refractivity contribution < 1.29 is 9.18 Å². The molecule has 2 nitrogen and oxygen atoms in total. The van der Waals surface area contributed by atoms with Gasteiger partial charge in [0.25, 0.3) is 0 Å². The fourth-order valence-electron chi connectivity index (χ4n) is 1.54. The summed E-state index contributed by atoms with van der Waals surface area (Å²) < 4.78 is 13.0. The topological polar surface area (TPSA) is 29.1 Å². The van der Waals surface area contributed by atoms with Crippen LogP contribution < -0.4 is 5.32 Å². The van der Waals surface area contributed by atoms with Crippen LogP contribution in [0.1, 0.15) is 25.0 Å². The first kappa shape index (κ1) is 11.7. The SMILES string of the molecule is Cc1cc(CC(C)(C)NC=O)ccc1F. The van der Waals surface area contributed by atoms with Crippen molar-refractivity contribution in [2.45, 2.75) is 32.7 Å². The summed E-state index contributed by atoms with van der Waals surface area (Å²) >= 11 is 0. The Morgan fingerprint density at radius 2 is 2.13 bits per heavy atom. The molecule has 1 N–H and O–H groups in total. The molecule has 15 heavy (non-hydrogen) atoms. The molecule has 1 rings (SSSR count). The molecule has 0 radical (unpaired) electrons. The number of hydrogen-bond acceptors (Lipinski definition) is 1. The molecule has 0 fully saturated rings. The zero-order chi connectivity index (χ0) is 11.5. The van der Waals surface area contributed by atoms with Crippen molar-refractivity contribution in [3.63, 3.8) is 0 Å². The predicted molar refractivity (Wildman–Crippen MR) is 58.1 cm³/mol. The largest absolute Gasteiger partial charge is 0.353 e. The van der Waals surface area contributed by atoms with E-state index in [9.17, 15) is 9.18 Å². The monoisotopic (exact) mass is 209 g/mol. The minimum Gasteiger partial charge on any atom is -0.353 e. The molecule has 0 saturated heterocycles. The Hall–Kier alpha value is -1.38. The Balaban J connectivity index is 2.80. The summed E-state index contributed by atoms with van der Waals surface area (Å²) in [5, 5.41) is 2.73. The summed E-state index contributed by atoms with van der Waals surface area (Å²) in [4.78, 5) is 10.4. The van der Waals surface area contributed by atoms with Gasteiger partial charge >= 0.3 is 0 Å². The Morgan fingerprint density at radius 3 is 2.67 bits per heavy atom. The van der Waals surface area contributed by atoms with E-state index in [0.29, 0.717) is 18.4 Å². The van der Waals surface area contributed by atoms with Crippen LogP contribution in [0.2, 0.25) is 0 Å². The first-order valence-corrected chi connectivity index (χ1v) is 4.91. The van der Waals surface area contributed by atoms with Crippen LogP contribution in [-0.2, 0) is 11.2 Å². The van der Waals surface area contributed by atoms with E-state index in [2.05, 4.69) is 5.32 Å². The van der Waals surface area contributed by atoms with Crippen LogP contribution in [0.5, 0.6) is 0 Å². The number of rotatable bonds is 4. The second kappa shape index (κ2) is 4.43. The average molecular weight is 209 g/mol. The summed E-state index contributed by atoms with van der Waals surface area (Å²) in [7, 11) is 0. The Bertz CT molecular complexity index is 361. The summed E-state index contributed by atoms with van der Waals surface area (Å²) in [5.41, 5.74) is 1.36. The molecule has 0 bridgehead atoms. The number of carbonyl (C=O) groups is 1. The fraction of sp³-hybridized carbons (Fsp3) is 0.417. The average Bonchev–Trinajstić information content (AvgIpc) is 2.10. The maximum Gasteiger partial charge on any atom is 0.207 e. The standard InChI is InChI=1S/C12H16FNO/c1-9-6-10(4-5-11(9)13)7-12(2,3)14-8-15/h4-6,8H,7H2,1-3H3,(H,14,15). The number of halogens is 1. The zero-order valence-corrected chi connectivity index (χ0v) is 9.30. The van der Waals surface area contributed by atoms with Crippen LogP contribution in [0, 0.1) is 12.7 Å². The number of carbonyl (C=O) groups excluding carboxylic acids is 1. The van der Waals surface area contributed by atoms with Crippen molar-refractivity contribution in [2.24, 2.45) is 0 Å². The van der Waals surface area contributed by atoms with Gasteiger partial charge in [-0.3, -0.25) is 4.79 Å². The third kappa shape index (κ3) is 3.35.